The van der Waals surface area contributed by atoms with Gasteiger partial charge in [0.2, 0.25) is 0 Å². The van der Waals surface area contributed by atoms with E-state index in [1.165, 1.54) is 6.92 Å². The number of rotatable bonds is 10. The first-order valence-corrected chi connectivity index (χ1v) is 7.42. The van der Waals surface area contributed by atoms with Gasteiger partial charge in [-0.3, -0.25) is 4.79 Å². The van der Waals surface area contributed by atoms with E-state index in [4.69, 9.17) is 9.47 Å². The van der Waals surface area contributed by atoms with E-state index in [-0.39, 0.29) is 19.0 Å². The number of benzene rings is 1. The van der Waals surface area contributed by atoms with Gasteiger partial charge in [-0.15, -0.1) is 0 Å². The summed E-state index contributed by atoms with van der Waals surface area (Å²) in [7, 11) is 0. The second-order valence-electron chi connectivity index (χ2n) is 4.83. The molecule has 0 aliphatic rings. The van der Waals surface area contributed by atoms with E-state index < -0.39 is 11.9 Å². The molecule has 0 heterocycles. The topological polar surface area (TPSA) is 72.9 Å². The van der Waals surface area contributed by atoms with Gasteiger partial charge in [-0.2, -0.15) is 0 Å². The zero-order valence-corrected chi connectivity index (χ0v) is 13.7. The van der Waals surface area contributed by atoms with E-state index in [9.17, 15) is 14.4 Å². The molecule has 1 aromatic rings. The van der Waals surface area contributed by atoms with E-state index in [2.05, 4.69) is 13.2 Å². The van der Waals surface area contributed by atoms with Crippen LogP contribution in [0.1, 0.15) is 17.3 Å². The van der Waals surface area contributed by atoms with Crippen LogP contribution in [-0.2, 0) is 19.1 Å². The molecule has 0 radical (unpaired) electrons. The second-order valence-corrected chi connectivity index (χ2v) is 4.83. The van der Waals surface area contributed by atoms with Crippen LogP contribution < -0.4 is 4.90 Å². The lowest BCUT2D eigenvalue weighted by Crippen LogP contribution is -2.32. The van der Waals surface area contributed by atoms with Crippen molar-refractivity contribution in [1.82, 2.24) is 0 Å². The quantitative estimate of drug-likeness (QED) is 0.372. The van der Waals surface area contributed by atoms with Gasteiger partial charge in [-0.05, 0) is 31.2 Å². The number of carbonyl (C=O) groups is 3. The van der Waals surface area contributed by atoms with Gasteiger partial charge in [0.1, 0.15) is 13.2 Å². The Kier molecular flexibility index (Phi) is 7.98. The first kappa shape index (κ1) is 19.2. The minimum atomic E-state index is -0.500. The molecule has 0 bridgehead atoms. The molecule has 0 unspecified atom stereocenters. The van der Waals surface area contributed by atoms with Gasteiger partial charge in [0.05, 0.1) is 13.1 Å². The van der Waals surface area contributed by atoms with Gasteiger partial charge in [0.25, 0.3) is 0 Å². The largest absolute Gasteiger partial charge is 0.461 e. The fourth-order valence-corrected chi connectivity index (χ4v) is 1.91. The molecule has 0 atom stereocenters. The van der Waals surface area contributed by atoms with Crippen LogP contribution in [0, 0.1) is 0 Å². The number of carbonyl (C=O) groups excluding carboxylic acids is 3. The molecule has 0 spiro atoms. The fourth-order valence-electron chi connectivity index (χ4n) is 1.91. The Hall–Kier alpha value is -2.89. The molecule has 0 amide bonds. The molecule has 1 rings (SSSR count). The normalized spacial score (nSPS) is 9.71. The van der Waals surface area contributed by atoms with E-state index >= 15 is 0 Å². The molecule has 1 aromatic carbocycles. The predicted molar refractivity (Wildman–Crippen MR) is 91.0 cm³/mol. The first-order chi connectivity index (χ1) is 11.5. The van der Waals surface area contributed by atoms with Crippen LogP contribution in [0.15, 0.2) is 49.6 Å². The van der Waals surface area contributed by atoms with E-state index in [0.29, 0.717) is 18.7 Å². The van der Waals surface area contributed by atoms with Crippen molar-refractivity contribution < 1.29 is 23.9 Å². The van der Waals surface area contributed by atoms with Crippen molar-refractivity contribution in [1.29, 1.82) is 0 Å². The van der Waals surface area contributed by atoms with Crippen molar-refractivity contribution in [2.45, 2.75) is 6.92 Å². The van der Waals surface area contributed by atoms with Crippen LogP contribution in [0.25, 0.3) is 0 Å². The third-order valence-corrected chi connectivity index (χ3v) is 3.18. The lowest BCUT2D eigenvalue weighted by atomic mass is 10.1. The SMILES string of the molecule is C=CC(=O)OCCN(CCOC(=O)C=C)c1ccc(C(C)=O)cc1. The zero-order valence-electron chi connectivity index (χ0n) is 13.7. The minimum absolute atomic E-state index is 0.0204. The fraction of sp³-hybridized carbons (Fsp3) is 0.278. The highest BCUT2D eigenvalue weighted by atomic mass is 16.5. The van der Waals surface area contributed by atoms with Gasteiger partial charge in [-0.1, -0.05) is 13.2 Å². The van der Waals surface area contributed by atoms with Crippen molar-refractivity contribution in [2.24, 2.45) is 0 Å². The average molecular weight is 331 g/mol. The third kappa shape index (κ3) is 6.48. The number of Topliss-reactive ketones (excluding diaryl/α,β-unsaturated/α-hetero) is 1. The van der Waals surface area contributed by atoms with Crippen molar-refractivity contribution >= 4 is 23.4 Å². The highest BCUT2D eigenvalue weighted by molar-refractivity contribution is 5.94. The van der Waals surface area contributed by atoms with E-state index in [1.54, 1.807) is 24.3 Å². The zero-order chi connectivity index (χ0) is 17.9. The van der Waals surface area contributed by atoms with Crippen molar-refractivity contribution in [3.63, 3.8) is 0 Å². The van der Waals surface area contributed by atoms with Crippen LogP contribution in [0.3, 0.4) is 0 Å². The van der Waals surface area contributed by atoms with Crippen molar-refractivity contribution in [3.05, 3.63) is 55.1 Å². The summed E-state index contributed by atoms with van der Waals surface area (Å²) in [5.74, 6) is -1.02. The van der Waals surface area contributed by atoms with Crippen LogP contribution in [0.5, 0.6) is 0 Å². The molecule has 0 fully saturated rings. The van der Waals surface area contributed by atoms with E-state index in [0.717, 1.165) is 17.8 Å². The van der Waals surface area contributed by atoms with Crippen molar-refractivity contribution in [2.75, 3.05) is 31.2 Å². The molecular formula is C18H21NO5. The van der Waals surface area contributed by atoms with Gasteiger partial charge in [0.15, 0.2) is 5.78 Å². The summed E-state index contributed by atoms with van der Waals surface area (Å²) in [6.45, 7) is 9.30. The molecule has 24 heavy (non-hydrogen) atoms. The highest BCUT2D eigenvalue weighted by Crippen LogP contribution is 2.15. The molecule has 6 nitrogen and oxygen atoms in total. The van der Waals surface area contributed by atoms with Crippen LogP contribution in [0.2, 0.25) is 0 Å². The van der Waals surface area contributed by atoms with Crippen molar-refractivity contribution in [3.8, 4) is 0 Å². The summed E-state index contributed by atoms with van der Waals surface area (Å²) >= 11 is 0. The molecular weight excluding hydrogens is 310 g/mol. The van der Waals surface area contributed by atoms with Crippen LogP contribution in [0.4, 0.5) is 5.69 Å². The molecule has 6 heteroatoms. The predicted octanol–water partition coefficient (Wildman–Crippen LogP) is 2.15. The number of hydrogen-bond acceptors (Lipinski definition) is 6. The lowest BCUT2D eigenvalue weighted by molar-refractivity contribution is -0.137. The molecule has 0 saturated heterocycles. The molecule has 0 saturated carbocycles. The number of ketones is 1. The lowest BCUT2D eigenvalue weighted by Gasteiger charge is -2.24. The summed E-state index contributed by atoms with van der Waals surface area (Å²) in [4.78, 5) is 35.5. The third-order valence-electron chi connectivity index (χ3n) is 3.18. The Morgan fingerprint density at radius 2 is 1.42 bits per heavy atom. The van der Waals surface area contributed by atoms with Gasteiger partial charge in [-0.25, -0.2) is 9.59 Å². The Labute approximate surface area is 141 Å². The Morgan fingerprint density at radius 3 is 1.79 bits per heavy atom. The number of anilines is 1. The summed E-state index contributed by atoms with van der Waals surface area (Å²) in [5, 5.41) is 0. The summed E-state index contributed by atoms with van der Waals surface area (Å²) in [5.41, 5.74) is 1.43. The maximum absolute atomic E-state index is 11.3. The summed E-state index contributed by atoms with van der Waals surface area (Å²) in [6, 6.07) is 7.02. The van der Waals surface area contributed by atoms with Gasteiger partial charge < -0.3 is 14.4 Å². The summed E-state index contributed by atoms with van der Waals surface area (Å²) in [6.07, 6.45) is 2.19. The van der Waals surface area contributed by atoms with Crippen LogP contribution in [-0.4, -0.2) is 44.0 Å². The molecule has 0 aliphatic carbocycles. The Balaban J connectivity index is 2.72. The second kappa shape index (κ2) is 9.99. The maximum atomic E-state index is 11.3. The molecule has 128 valence electrons. The first-order valence-electron chi connectivity index (χ1n) is 7.42. The Morgan fingerprint density at radius 1 is 0.958 bits per heavy atom. The number of esters is 2. The monoisotopic (exact) mass is 331 g/mol. The van der Waals surface area contributed by atoms with Crippen LogP contribution >= 0.6 is 0 Å². The number of hydrogen-bond donors (Lipinski definition) is 0. The number of nitrogens with zero attached hydrogens (tertiary/aromatic N) is 1. The van der Waals surface area contributed by atoms with Gasteiger partial charge >= 0.3 is 11.9 Å². The standard InChI is InChI=1S/C18H21NO5/c1-4-17(21)23-12-10-19(11-13-24-18(22)5-2)16-8-6-15(7-9-16)14(3)20/h4-9H,1-2,10-13H2,3H3. The highest BCUT2D eigenvalue weighted by Gasteiger charge is 2.09. The maximum Gasteiger partial charge on any atom is 0.330 e. The van der Waals surface area contributed by atoms with Gasteiger partial charge in [0, 0.05) is 23.4 Å². The minimum Gasteiger partial charge on any atom is -0.461 e. The molecule has 0 aliphatic heterocycles. The Bertz CT molecular complexity index is 580. The van der Waals surface area contributed by atoms with E-state index in [1.807, 2.05) is 4.90 Å². The average Bonchev–Trinajstić information content (AvgIpc) is 2.59. The molecule has 0 aromatic heterocycles. The number of ether oxygens (including phenoxy) is 2. The smallest absolute Gasteiger partial charge is 0.330 e. The summed E-state index contributed by atoms with van der Waals surface area (Å²) < 4.78 is 9.95. The molecule has 0 N–H and O–H groups in total.